The molecule has 1 aliphatic heterocycles. The topological polar surface area (TPSA) is 89.7 Å². The largest absolute Gasteiger partial charge is 0.489 e. The van der Waals surface area contributed by atoms with Gasteiger partial charge in [0, 0.05) is 31.7 Å². The van der Waals surface area contributed by atoms with Crippen molar-refractivity contribution in [2.24, 2.45) is 5.41 Å². The first-order valence-electron chi connectivity index (χ1n) is 13.4. The van der Waals surface area contributed by atoms with Crippen molar-refractivity contribution in [3.05, 3.63) is 76.6 Å². The Bertz CT molecular complexity index is 1270. The normalized spacial score (nSPS) is 17.8. The molecule has 1 N–H and O–H groups in total. The van der Waals surface area contributed by atoms with E-state index in [0.29, 0.717) is 12.2 Å². The van der Waals surface area contributed by atoms with Gasteiger partial charge in [0.05, 0.1) is 18.2 Å². The molecule has 8 nitrogen and oxygen atoms in total. The Kier molecular flexibility index (Phi) is 8.23. The molecule has 0 saturated carbocycles. The van der Waals surface area contributed by atoms with E-state index in [9.17, 15) is 9.90 Å². The van der Waals surface area contributed by atoms with Crippen LogP contribution in [0.2, 0.25) is 0 Å². The smallest absolute Gasteiger partial charge is 0.312 e. The summed E-state index contributed by atoms with van der Waals surface area (Å²) in [5.41, 5.74) is 2.65. The van der Waals surface area contributed by atoms with Gasteiger partial charge in [0.2, 0.25) is 0 Å². The zero-order valence-corrected chi connectivity index (χ0v) is 23.4. The van der Waals surface area contributed by atoms with Gasteiger partial charge in [-0.2, -0.15) is 0 Å². The Morgan fingerprint density at radius 3 is 2.63 bits per heavy atom. The highest BCUT2D eigenvalue weighted by Crippen LogP contribution is 2.44. The molecule has 1 aliphatic rings. The van der Waals surface area contributed by atoms with E-state index in [0.717, 1.165) is 48.5 Å². The van der Waals surface area contributed by atoms with Crippen molar-refractivity contribution in [3.8, 4) is 5.75 Å². The van der Waals surface area contributed by atoms with E-state index in [1.54, 1.807) is 18.5 Å². The van der Waals surface area contributed by atoms with Crippen molar-refractivity contribution in [2.45, 2.75) is 85.9 Å². The summed E-state index contributed by atoms with van der Waals surface area (Å²) in [4.78, 5) is 14.9. The van der Waals surface area contributed by atoms with Crippen LogP contribution < -0.4 is 4.74 Å². The molecule has 0 aliphatic carbocycles. The van der Waals surface area contributed by atoms with Crippen LogP contribution in [0.1, 0.15) is 69.0 Å². The molecule has 3 aromatic rings. The lowest BCUT2D eigenvalue weighted by Crippen LogP contribution is -2.47. The van der Waals surface area contributed by atoms with Gasteiger partial charge in [-0.05, 0) is 63.8 Å². The Morgan fingerprint density at radius 1 is 1.18 bits per heavy atom. The third-order valence-corrected chi connectivity index (χ3v) is 8.02. The van der Waals surface area contributed by atoms with Crippen LogP contribution in [0.15, 0.2) is 48.7 Å². The number of hydrogen-bond acceptors (Lipinski definition) is 6. The maximum absolute atomic E-state index is 12.5. The molecule has 2 aromatic carbocycles. The maximum atomic E-state index is 12.5. The Morgan fingerprint density at radius 2 is 1.95 bits per heavy atom. The van der Waals surface area contributed by atoms with Crippen LogP contribution >= 0.6 is 0 Å². The molecule has 204 valence electrons. The zero-order chi connectivity index (χ0) is 27.5. The Hall–Kier alpha value is -3.23. The van der Waals surface area contributed by atoms with E-state index >= 15 is 0 Å². The van der Waals surface area contributed by atoms with E-state index in [-0.39, 0.29) is 12.7 Å². The molecule has 4 rings (SSSR count). The number of para-hydroxylation sites is 1. The average molecular weight is 521 g/mol. The summed E-state index contributed by atoms with van der Waals surface area (Å²) in [5.74, 6) is 0.0305. The molecule has 1 aromatic heterocycles. The van der Waals surface area contributed by atoms with Crippen LogP contribution in [0, 0.1) is 12.3 Å². The quantitative estimate of drug-likeness (QED) is 0.387. The minimum Gasteiger partial charge on any atom is -0.489 e. The molecule has 0 fully saturated rings. The van der Waals surface area contributed by atoms with Crippen molar-refractivity contribution >= 4 is 5.97 Å². The fourth-order valence-corrected chi connectivity index (χ4v) is 4.88. The molecule has 2 heterocycles. The number of aromatic nitrogens is 3. The lowest BCUT2D eigenvalue weighted by molar-refractivity contribution is -0.177. The summed E-state index contributed by atoms with van der Waals surface area (Å²) in [6.07, 6.45) is 2.86. The van der Waals surface area contributed by atoms with Crippen LogP contribution in [-0.2, 0) is 41.4 Å². The van der Waals surface area contributed by atoms with E-state index < -0.39 is 17.0 Å². The molecule has 0 bridgehead atoms. The average Bonchev–Trinajstić information content (AvgIpc) is 3.29. The first-order valence-corrected chi connectivity index (χ1v) is 13.4. The number of aryl methyl sites for hydroxylation is 2. The van der Waals surface area contributed by atoms with Gasteiger partial charge in [0.15, 0.2) is 0 Å². The molecule has 0 unspecified atom stereocenters. The third kappa shape index (κ3) is 5.61. The van der Waals surface area contributed by atoms with Crippen LogP contribution in [0.5, 0.6) is 5.75 Å². The number of aliphatic carboxylic acids is 1. The standard InChI is InChI=1S/C30H40N4O4/c1-7-26-19-33(16-22-11-9-10-12-27(22)38-26)17-23-15-24(14-13-21(23)3)30(6,29(4,5)28(35)36)37-20-25-18-34(8-2)32-31-25/h9-15,18,26H,7-8,16-17,19-20H2,1-6H3,(H,35,36)/t26-,30-/m1/s1. The van der Waals surface area contributed by atoms with Crippen molar-refractivity contribution < 1.29 is 19.4 Å². The predicted octanol–water partition coefficient (Wildman–Crippen LogP) is 5.32. The number of carbonyl (C=O) groups is 1. The first-order chi connectivity index (χ1) is 18.1. The SMILES string of the molecule is CC[C@@H]1CN(Cc2cc([C@@](C)(OCc3cn(CC)nn3)C(C)(C)C(=O)O)ccc2C)Cc2ccccc2O1. The maximum Gasteiger partial charge on any atom is 0.312 e. The predicted molar refractivity (Wildman–Crippen MR) is 146 cm³/mol. The van der Waals surface area contributed by atoms with Crippen LogP contribution in [0.25, 0.3) is 0 Å². The molecule has 0 saturated heterocycles. The van der Waals surface area contributed by atoms with Gasteiger partial charge < -0.3 is 14.6 Å². The first kappa shape index (κ1) is 27.8. The lowest BCUT2D eigenvalue weighted by Gasteiger charge is -2.41. The molecule has 0 amide bonds. The molecule has 0 spiro atoms. The minimum absolute atomic E-state index is 0.109. The van der Waals surface area contributed by atoms with Gasteiger partial charge >= 0.3 is 5.97 Å². The van der Waals surface area contributed by atoms with Crippen LogP contribution in [-0.4, -0.2) is 43.6 Å². The minimum atomic E-state index is -1.21. The summed E-state index contributed by atoms with van der Waals surface area (Å²) < 4.78 is 14.5. The molecule has 8 heteroatoms. The lowest BCUT2D eigenvalue weighted by atomic mass is 9.71. The van der Waals surface area contributed by atoms with Gasteiger partial charge in [-0.15, -0.1) is 5.10 Å². The summed E-state index contributed by atoms with van der Waals surface area (Å²) in [6.45, 7) is 14.7. The van der Waals surface area contributed by atoms with Gasteiger partial charge in [-0.3, -0.25) is 14.4 Å². The number of carboxylic acids is 1. The molecular weight excluding hydrogens is 480 g/mol. The monoisotopic (exact) mass is 520 g/mol. The number of benzene rings is 2. The van der Waals surface area contributed by atoms with Crippen molar-refractivity contribution in [1.82, 2.24) is 19.9 Å². The molecule has 0 radical (unpaired) electrons. The van der Waals surface area contributed by atoms with Gasteiger partial charge in [-0.25, -0.2) is 0 Å². The number of rotatable bonds is 10. The molecular formula is C30H40N4O4. The second-order valence-electron chi connectivity index (χ2n) is 10.9. The number of carboxylic acid groups (broad SMARTS) is 1. The second-order valence-corrected chi connectivity index (χ2v) is 10.9. The van der Waals surface area contributed by atoms with Crippen LogP contribution in [0.4, 0.5) is 0 Å². The summed E-state index contributed by atoms with van der Waals surface area (Å²) in [7, 11) is 0. The number of fused-ring (bicyclic) bond motifs is 1. The van der Waals surface area contributed by atoms with Gasteiger partial charge in [0.25, 0.3) is 0 Å². The summed E-state index contributed by atoms with van der Waals surface area (Å²) in [5, 5.41) is 18.5. The molecule has 2 atom stereocenters. The van der Waals surface area contributed by atoms with Crippen molar-refractivity contribution in [1.29, 1.82) is 0 Å². The van der Waals surface area contributed by atoms with E-state index in [2.05, 4.69) is 47.3 Å². The molecule has 38 heavy (non-hydrogen) atoms. The van der Waals surface area contributed by atoms with E-state index in [1.165, 1.54) is 5.56 Å². The Balaban J connectivity index is 1.65. The Labute approximate surface area is 225 Å². The summed E-state index contributed by atoms with van der Waals surface area (Å²) in [6, 6.07) is 14.4. The highest BCUT2D eigenvalue weighted by molar-refractivity contribution is 5.75. The van der Waals surface area contributed by atoms with E-state index in [4.69, 9.17) is 9.47 Å². The summed E-state index contributed by atoms with van der Waals surface area (Å²) >= 11 is 0. The van der Waals surface area contributed by atoms with E-state index in [1.807, 2.05) is 44.3 Å². The van der Waals surface area contributed by atoms with Crippen molar-refractivity contribution in [3.63, 3.8) is 0 Å². The highest BCUT2D eigenvalue weighted by Gasteiger charge is 2.49. The fraction of sp³-hybridized carbons (Fsp3) is 0.500. The number of hydrogen-bond donors (Lipinski definition) is 1. The highest BCUT2D eigenvalue weighted by atomic mass is 16.5. The second kappa shape index (κ2) is 11.3. The van der Waals surface area contributed by atoms with Gasteiger partial charge in [0.1, 0.15) is 23.1 Å². The zero-order valence-electron chi connectivity index (χ0n) is 23.4. The fourth-order valence-electron chi connectivity index (χ4n) is 4.88. The number of nitrogens with zero attached hydrogens (tertiary/aromatic N) is 4. The van der Waals surface area contributed by atoms with Crippen molar-refractivity contribution in [2.75, 3.05) is 6.54 Å². The third-order valence-electron chi connectivity index (χ3n) is 8.02. The van der Waals surface area contributed by atoms with Crippen LogP contribution in [0.3, 0.4) is 0 Å². The number of ether oxygens (including phenoxy) is 2. The van der Waals surface area contributed by atoms with Gasteiger partial charge in [-0.1, -0.05) is 48.5 Å².